The lowest BCUT2D eigenvalue weighted by molar-refractivity contribution is -0.0923. The van der Waals surface area contributed by atoms with Crippen LogP contribution in [0.3, 0.4) is 0 Å². The normalized spacial score (nSPS) is 17.2. The first-order chi connectivity index (χ1) is 10.5. The number of hydrogen-bond donors (Lipinski definition) is 1. The monoisotopic (exact) mass is 318 g/mol. The number of aliphatic hydroxyl groups is 1. The molecule has 4 nitrogen and oxygen atoms in total. The lowest BCUT2D eigenvalue weighted by Crippen LogP contribution is -2.28. The van der Waals surface area contributed by atoms with Gasteiger partial charge >= 0.3 is 0 Å². The van der Waals surface area contributed by atoms with Crippen molar-refractivity contribution in [2.45, 2.75) is 97.6 Å². The lowest BCUT2D eigenvalue weighted by atomic mass is 10.1. The Morgan fingerprint density at radius 3 is 2.00 bits per heavy atom. The van der Waals surface area contributed by atoms with Gasteiger partial charge in [-0.1, -0.05) is 39.5 Å². The van der Waals surface area contributed by atoms with E-state index in [4.69, 9.17) is 19.3 Å². The molecule has 0 radical (unpaired) electrons. The Hall–Kier alpha value is -0.160. The minimum atomic E-state index is -0.132. The molecule has 0 amide bonds. The molecule has 0 fully saturated rings. The summed E-state index contributed by atoms with van der Waals surface area (Å²) >= 11 is 0. The molecular formula is C18H38O4. The van der Waals surface area contributed by atoms with Gasteiger partial charge in [-0.2, -0.15) is 0 Å². The number of hydrogen-bond acceptors (Lipinski definition) is 4. The maximum absolute atomic E-state index is 8.92. The summed E-state index contributed by atoms with van der Waals surface area (Å²) in [6.45, 7) is 11.5. The third-order valence-corrected chi connectivity index (χ3v) is 3.65. The van der Waals surface area contributed by atoms with Gasteiger partial charge in [-0.15, -0.1) is 0 Å². The molecule has 4 atom stereocenters. The van der Waals surface area contributed by atoms with Crippen LogP contribution in [0.4, 0.5) is 0 Å². The van der Waals surface area contributed by atoms with Gasteiger partial charge in [0, 0.05) is 0 Å². The highest BCUT2D eigenvalue weighted by atomic mass is 16.6. The molecule has 0 saturated carbocycles. The van der Waals surface area contributed by atoms with Crippen molar-refractivity contribution in [2.75, 3.05) is 19.8 Å². The summed E-state index contributed by atoms with van der Waals surface area (Å²) < 4.78 is 17.4. The second-order valence-corrected chi connectivity index (χ2v) is 6.32. The highest BCUT2D eigenvalue weighted by Gasteiger charge is 2.14. The zero-order valence-electron chi connectivity index (χ0n) is 15.3. The summed E-state index contributed by atoms with van der Waals surface area (Å²) in [4.78, 5) is 0. The van der Waals surface area contributed by atoms with Crippen LogP contribution in [-0.2, 0) is 14.2 Å². The molecule has 0 aliphatic rings. The molecule has 0 aliphatic carbocycles. The highest BCUT2D eigenvalue weighted by molar-refractivity contribution is 4.62. The van der Waals surface area contributed by atoms with Crippen LogP contribution in [0.1, 0.15) is 73.1 Å². The summed E-state index contributed by atoms with van der Waals surface area (Å²) in [5.41, 5.74) is 0. The largest absolute Gasteiger partial charge is 0.394 e. The molecule has 134 valence electrons. The summed E-state index contributed by atoms with van der Waals surface area (Å²) in [6, 6.07) is 0. The Kier molecular flexibility index (Phi) is 14.3. The predicted octanol–water partition coefficient (Wildman–Crippen LogP) is 3.94. The Bertz CT molecular complexity index is 235. The number of aliphatic hydroxyl groups excluding tert-OH is 1. The third kappa shape index (κ3) is 12.4. The number of rotatable bonds is 15. The van der Waals surface area contributed by atoms with Crippen LogP contribution in [0.25, 0.3) is 0 Å². The molecule has 0 spiro atoms. The van der Waals surface area contributed by atoms with Gasteiger partial charge in [0.05, 0.1) is 44.2 Å². The molecule has 0 rings (SSSR count). The smallest absolute Gasteiger partial charge is 0.0784 e. The molecule has 0 aliphatic heterocycles. The third-order valence-electron chi connectivity index (χ3n) is 3.65. The van der Waals surface area contributed by atoms with E-state index in [1.807, 2.05) is 13.8 Å². The summed E-state index contributed by atoms with van der Waals surface area (Å²) in [6.07, 6.45) is 7.57. The van der Waals surface area contributed by atoms with Gasteiger partial charge in [-0.3, -0.25) is 0 Å². The highest BCUT2D eigenvalue weighted by Crippen LogP contribution is 2.14. The Balaban J connectivity index is 3.88. The van der Waals surface area contributed by atoms with Gasteiger partial charge in [0.2, 0.25) is 0 Å². The maximum atomic E-state index is 8.92. The van der Waals surface area contributed by atoms with E-state index >= 15 is 0 Å². The molecule has 4 unspecified atom stereocenters. The molecule has 0 heterocycles. The topological polar surface area (TPSA) is 47.9 Å². The Morgan fingerprint density at radius 2 is 1.41 bits per heavy atom. The van der Waals surface area contributed by atoms with Crippen molar-refractivity contribution in [2.24, 2.45) is 0 Å². The second kappa shape index (κ2) is 14.4. The van der Waals surface area contributed by atoms with E-state index in [-0.39, 0.29) is 24.9 Å². The standard InChI is InChI=1S/C18H38O4/c1-6-8-9-11-18(10-7-2)22-17(5)14-21-16(4)13-20-15(3)12-19/h15-19H,6-14H2,1-5H3. The average molecular weight is 318 g/mol. The van der Waals surface area contributed by atoms with E-state index in [1.54, 1.807) is 0 Å². The van der Waals surface area contributed by atoms with Crippen molar-refractivity contribution in [3.05, 3.63) is 0 Å². The summed E-state index contributed by atoms with van der Waals surface area (Å²) in [7, 11) is 0. The van der Waals surface area contributed by atoms with Crippen molar-refractivity contribution < 1.29 is 19.3 Å². The molecule has 0 aromatic carbocycles. The quantitative estimate of drug-likeness (QED) is 0.465. The molecule has 0 bridgehead atoms. The number of ether oxygens (including phenoxy) is 3. The van der Waals surface area contributed by atoms with Crippen LogP contribution < -0.4 is 0 Å². The summed E-state index contributed by atoms with van der Waals surface area (Å²) in [5.74, 6) is 0. The van der Waals surface area contributed by atoms with Gasteiger partial charge in [0.25, 0.3) is 0 Å². The minimum absolute atomic E-state index is 0.0183. The second-order valence-electron chi connectivity index (χ2n) is 6.32. The fraction of sp³-hybridized carbons (Fsp3) is 1.00. The molecular weight excluding hydrogens is 280 g/mol. The first-order valence-corrected chi connectivity index (χ1v) is 9.02. The van der Waals surface area contributed by atoms with Crippen LogP contribution in [0.5, 0.6) is 0 Å². The lowest BCUT2D eigenvalue weighted by Gasteiger charge is -2.24. The zero-order valence-corrected chi connectivity index (χ0v) is 15.3. The van der Waals surface area contributed by atoms with Gasteiger partial charge < -0.3 is 19.3 Å². The van der Waals surface area contributed by atoms with Crippen LogP contribution >= 0.6 is 0 Å². The predicted molar refractivity (Wildman–Crippen MR) is 91.3 cm³/mol. The van der Waals surface area contributed by atoms with Crippen molar-refractivity contribution in [3.63, 3.8) is 0 Å². The van der Waals surface area contributed by atoms with Crippen molar-refractivity contribution in [1.29, 1.82) is 0 Å². The average Bonchev–Trinajstić information content (AvgIpc) is 2.50. The fourth-order valence-electron chi connectivity index (χ4n) is 2.29. The first kappa shape index (κ1) is 21.8. The van der Waals surface area contributed by atoms with Crippen LogP contribution in [0, 0.1) is 0 Å². The molecule has 22 heavy (non-hydrogen) atoms. The number of unbranched alkanes of at least 4 members (excludes halogenated alkanes) is 2. The van der Waals surface area contributed by atoms with Crippen LogP contribution in [0.2, 0.25) is 0 Å². The molecule has 0 saturated heterocycles. The van der Waals surface area contributed by atoms with Crippen molar-refractivity contribution >= 4 is 0 Å². The Morgan fingerprint density at radius 1 is 0.773 bits per heavy atom. The van der Waals surface area contributed by atoms with Crippen molar-refractivity contribution in [3.8, 4) is 0 Å². The summed E-state index contributed by atoms with van der Waals surface area (Å²) in [5, 5.41) is 8.92. The van der Waals surface area contributed by atoms with Crippen LogP contribution in [0.15, 0.2) is 0 Å². The van der Waals surface area contributed by atoms with Gasteiger partial charge in [-0.05, 0) is 33.6 Å². The van der Waals surface area contributed by atoms with Gasteiger partial charge in [-0.25, -0.2) is 0 Å². The van der Waals surface area contributed by atoms with Crippen molar-refractivity contribution in [1.82, 2.24) is 0 Å². The molecule has 0 aromatic rings. The van der Waals surface area contributed by atoms with Crippen LogP contribution in [-0.4, -0.2) is 49.3 Å². The van der Waals surface area contributed by atoms with E-state index in [9.17, 15) is 0 Å². The minimum Gasteiger partial charge on any atom is -0.394 e. The maximum Gasteiger partial charge on any atom is 0.0784 e. The van der Waals surface area contributed by atoms with Gasteiger partial charge in [0.1, 0.15) is 0 Å². The van der Waals surface area contributed by atoms with E-state index in [1.165, 1.54) is 19.3 Å². The zero-order chi connectivity index (χ0) is 16.8. The molecule has 1 N–H and O–H groups in total. The first-order valence-electron chi connectivity index (χ1n) is 9.02. The SMILES string of the molecule is CCCCCC(CCC)OC(C)COC(C)COC(C)CO. The fourth-order valence-corrected chi connectivity index (χ4v) is 2.29. The van der Waals surface area contributed by atoms with Gasteiger partial charge in [0.15, 0.2) is 0 Å². The van der Waals surface area contributed by atoms with E-state index in [0.29, 0.717) is 19.3 Å². The molecule has 4 heteroatoms. The van der Waals surface area contributed by atoms with E-state index in [2.05, 4.69) is 20.8 Å². The van der Waals surface area contributed by atoms with E-state index < -0.39 is 0 Å². The molecule has 0 aromatic heterocycles. The Labute approximate surface area is 137 Å². The van der Waals surface area contributed by atoms with E-state index in [0.717, 1.165) is 19.3 Å².